The molecule has 4 nitrogen and oxygen atoms in total. The predicted octanol–water partition coefficient (Wildman–Crippen LogP) is 2.20. The molecule has 2 aliphatic carbocycles. The molecule has 2 aliphatic rings. The zero-order chi connectivity index (χ0) is 11.8. The molecule has 2 bridgehead atoms. The fourth-order valence-electron chi connectivity index (χ4n) is 2.88. The molecule has 0 saturated heterocycles. The van der Waals surface area contributed by atoms with Gasteiger partial charge in [0.15, 0.2) is 0 Å². The molecule has 0 aromatic heterocycles. The topological polar surface area (TPSA) is 50.4 Å². The lowest BCUT2D eigenvalue weighted by Gasteiger charge is -2.25. The van der Waals surface area contributed by atoms with Gasteiger partial charge in [-0.05, 0) is 51.9 Å². The van der Waals surface area contributed by atoms with Crippen molar-refractivity contribution in [3.05, 3.63) is 0 Å². The first-order chi connectivity index (χ1) is 7.44. The third kappa shape index (κ3) is 2.88. The number of nitrogens with one attached hydrogen (secondary N) is 2. The normalized spacial score (nSPS) is 32.8. The molecule has 1 amide bonds. The summed E-state index contributed by atoms with van der Waals surface area (Å²) in [7, 11) is 0. The Bertz CT molecular complexity index is 273. The Kier molecular flexibility index (Phi) is 3.10. The first kappa shape index (κ1) is 11.7. The van der Waals surface area contributed by atoms with Gasteiger partial charge in [-0.2, -0.15) is 0 Å². The Morgan fingerprint density at radius 3 is 2.50 bits per heavy atom. The number of carbonyl (C=O) groups excluding carboxylic acids is 1. The molecule has 3 atom stereocenters. The third-order valence-corrected chi connectivity index (χ3v) is 3.50. The molecular formula is C12H22N2O2. The smallest absolute Gasteiger partial charge is 0.422 e. The summed E-state index contributed by atoms with van der Waals surface area (Å²) in [5.74, 6) is 1.63. The average molecular weight is 226 g/mol. The van der Waals surface area contributed by atoms with Crippen molar-refractivity contribution < 1.29 is 9.53 Å². The number of rotatable bonds is 2. The maximum atomic E-state index is 11.4. The van der Waals surface area contributed by atoms with E-state index in [4.69, 9.17) is 4.74 Å². The molecule has 0 spiro atoms. The van der Waals surface area contributed by atoms with Crippen molar-refractivity contribution in [2.45, 2.75) is 58.1 Å². The van der Waals surface area contributed by atoms with Crippen LogP contribution in [0.1, 0.15) is 46.5 Å². The van der Waals surface area contributed by atoms with E-state index in [2.05, 4.69) is 10.9 Å². The predicted molar refractivity (Wildman–Crippen MR) is 61.7 cm³/mol. The molecule has 16 heavy (non-hydrogen) atoms. The van der Waals surface area contributed by atoms with Gasteiger partial charge in [0.25, 0.3) is 0 Å². The van der Waals surface area contributed by atoms with Crippen LogP contribution in [0.5, 0.6) is 0 Å². The molecule has 2 N–H and O–H groups in total. The zero-order valence-corrected chi connectivity index (χ0v) is 10.4. The van der Waals surface area contributed by atoms with Crippen LogP contribution in [0.15, 0.2) is 0 Å². The first-order valence-electron chi connectivity index (χ1n) is 6.18. The summed E-state index contributed by atoms with van der Waals surface area (Å²) >= 11 is 0. The molecule has 0 aromatic carbocycles. The van der Waals surface area contributed by atoms with Crippen LogP contribution in [-0.4, -0.2) is 17.7 Å². The van der Waals surface area contributed by atoms with E-state index in [0.29, 0.717) is 6.04 Å². The largest absolute Gasteiger partial charge is 0.443 e. The Labute approximate surface area is 97.1 Å². The fraction of sp³-hybridized carbons (Fsp3) is 0.917. The highest BCUT2D eigenvalue weighted by atomic mass is 16.6. The van der Waals surface area contributed by atoms with E-state index in [0.717, 1.165) is 11.8 Å². The monoisotopic (exact) mass is 226 g/mol. The van der Waals surface area contributed by atoms with E-state index in [1.54, 1.807) is 0 Å². The summed E-state index contributed by atoms with van der Waals surface area (Å²) < 4.78 is 5.17. The lowest BCUT2D eigenvalue weighted by Crippen LogP contribution is -2.48. The lowest BCUT2D eigenvalue weighted by atomic mass is 9.96. The van der Waals surface area contributed by atoms with Crippen molar-refractivity contribution in [2.24, 2.45) is 11.8 Å². The van der Waals surface area contributed by atoms with Crippen LogP contribution < -0.4 is 10.9 Å². The van der Waals surface area contributed by atoms with Gasteiger partial charge in [0.05, 0.1) is 0 Å². The van der Waals surface area contributed by atoms with E-state index >= 15 is 0 Å². The number of hydrogen-bond donors (Lipinski definition) is 2. The molecule has 92 valence electrons. The Hall–Kier alpha value is -0.770. The van der Waals surface area contributed by atoms with Gasteiger partial charge in [-0.15, -0.1) is 0 Å². The molecule has 0 unspecified atom stereocenters. The van der Waals surface area contributed by atoms with Crippen molar-refractivity contribution in [1.29, 1.82) is 0 Å². The van der Waals surface area contributed by atoms with Gasteiger partial charge in [0.1, 0.15) is 5.60 Å². The molecule has 0 heterocycles. The van der Waals surface area contributed by atoms with E-state index in [9.17, 15) is 4.79 Å². The second-order valence-corrected chi connectivity index (χ2v) is 6.05. The quantitative estimate of drug-likeness (QED) is 0.710. The number of fused-ring (bicyclic) bond motifs is 2. The van der Waals surface area contributed by atoms with Gasteiger partial charge in [0.2, 0.25) is 0 Å². The zero-order valence-electron chi connectivity index (χ0n) is 10.4. The van der Waals surface area contributed by atoms with Crippen molar-refractivity contribution in [2.75, 3.05) is 0 Å². The number of hydrazine groups is 1. The van der Waals surface area contributed by atoms with E-state index < -0.39 is 5.60 Å². The minimum atomic E-state index is -0.430. The van der Waals surface area contributed by atoms with Gasteiger partial charge in [-0.25, -0.2) is 10.2 Å². The van der Waals surface area contributed by atoms with Gasteiger partial charge >= 0.3 is 6.09 Å². The number of amides is 1. The molecule has 2 rings (SSSR count). The summed E-state index contributed by atoms with van der Waals surface area (Å²) in [5, 5.41) is 0. The first-order valence-corrected chi connectivity index (χ1v) is 6.18. The second kappa shape index (κ2) is 4.24. The van der Waals surface area contributed by atoms with Crippen molar-refractivity contribution in [1.82, 2.24) is 10.9 Å². The lowest BCUT2D eigenvalue weighted by molar-refractivity contribution is 0.0480. The van der Waals surface area contributed by atoms with Gasteiger partial charge in [-0.3, -0.25) is 5.43 Å². The van der Waals surface area contributed by atoms with Crippen molar-refractivity contribution >= 4 is 6.09 Å². The summed E-state index contributed by atoms with van der Waals surface area (Å²) in [4.78, 5) is 11.4. The van der Waals surface area contributed by atoms with Gasteiger partial charge in [-0.1, -0.05) is 6.42 Å². The van der Waals surface area contributed by atoms with Crippen molar-refractivity contribution in [3.8, 4) is 0 Å². The standard InChI is InChI=1S/C12H22N2O2/c1-12(2,3)16-11(15)14-13-10-7-8-4-5-9(10)6-8/h8-10,13H,4-7H2,1-3H3,(H,14,15)/t8-,9+,10-/m0/s1. The van der Waals surface area contributed by atoms with Crippen molar-refractivity contribution in [3.63, 3.8) is 0 Å². The Morgan fingerprint density at radius 2 is 2.00 bits per heavy atom. The number of ether oxygens (including phenoxy) is 1. The van der Waals surface area contributed by atoms with Crippen LogP contribution in [0.2, 0.25) is 0 Å². The molecule has 4 heteroatoms. The van der Waals surface area contributed by atoms with Crippen LogP contribution in [0.3, 0.4) is 0 Å². The fourth-order valence-corrected chi connectivity index (χ4v) is 2.88. The Morgan fingerprint density at radius 1 is 1.25 bits per heavy atom. The SMILES string of the molecule is CC(C)(C)OC(=O)NN[C@H]1C[C@H]2CC[C@@H]1C2. The van der Waals surface area contributed by atoms with Crippen LogP contribution in [0.4, 0.5) is 4.79 Å². The van der Waals surface area contributed by atoms with Crippen LogP contribution in [-0.2, 0) is 4.74 Å². The highest BCUT2D eigenvalue weighted by Crippen LogP contribution is 2.44. The van der Waals surface area contributed by atoms with Gasteiger partial charge in [0, 0.05) is 6.04 Å². The second-order valence-electron chi connectivity index (χ2n) is 6.05. The van der Waals surface area contributed by atoms with E-state index in [1.165, 1.54) is 25.7 Å². The minimum Gasteiger partial charge on any atom is -0.443 e. The Balaban J connectivity index is 1.70. The molecule has 2 saturated carbocycles. The highest BCUT2D eigenvalue weighted by Gasteiger charge is 2.39. The van der Waals surface area contributed by atoms with Crippen LogP contribution in [0, 0.1) is 11.8 Å². The number of hydrogen-bond acceptors (Lipinski definition) is 3. The third-order valence-electron chi connectivity index (χ3n) is 3.50. The summed E-state index contributed by atoms with van der Waals surface area (Å²) in [6.45, 7) is 5.60. The van der Waals surface area contributed by atoms with Crippen LogP contribution in [0.25, 0.3) is 0 Å². The minimum absolute atomic E-state index is 0.379. The summed E-state index contributed by atoms with van der Waals surface area (Å²) in [6.07, 6.45) is 4.82. The maximum Gasteiger partial charge on any atom is 0.422 e. The van der Waals surface area contributed by atoms with Gasteiger partial charge < -0.3 is 4.74 Å². The van der Waals surface area contributed by atoms with E-state index in [1.807, 2.05) is 20.8 Å². The summed E-state index contributed by atoms with van der Waals surface area (Å²) in [6, 6.07) is 0.450. The molecular weight excluding hydrogens is 204 g/mol. The van der Waals surface area contributed by atoms with Crippen LogP contribution >= 0.6 is 0 Å². The number of carbonyl (C=O) groups is 1. The average Bonchev–Trinajstić information content (AvgIpc) is 2.72. The molecule has 0 aromatic rings. The molecule has 0 radical (unpaired) electrons. The highest BCUT2D eigenvalue weighted by molar-refractivity contribution is 5.67. The summed E-state index contributed by atoms with van der Waals surface area (Å²) in [5.41, 5.74) is 5.34. The maximum absolute atomic E-state index is 11.4. The molecule has 2 fully saturated rings. The van der Waals surface area contributed by atoms with E-state index in [-0.39, 0.29) is 6.09 Å². The molecule has 0 aliphatic heterocycles.